The average Bonchev–Trinajstić information content (AvgIpc) is 2.66. The zero-order valence-corrected chi connectivity index (χ0v) is 17.1. The molecule has 0 radical (unpaired) electrons. The minimum absolute atomic E-state index is 0.375. The van der Waals surface area contributed by atoms with Gasteiger partial charge < -0.3 is 10.5 Å². The van der Waals surface area contributed by atoms with Gasteiger partial charge in [-0.1, -0.05) is 36.4 Å². The Kier molecular flexibility index (Phi) is 10.9. The second-order valence-corrected chi connectivity index (χ2v) is 6.11. The van der Waals surface area contributed by atoms with Gasteiger partial charge >= 0.3 is 0 Å². The molecule has 27 heavy (non-hydrogen) atoms. The molecule has 0 fully saturated rings. The third-order valence-corrected chi connectivity index (χ3v) is 3.44. The summed E-state index contributed by atoms with van der Waals surface area (Å²) in [6, 6.07) is 13.3. The molecule has 0 saturated carbocycles. The van der Waals surface area contributed by atoms with E-state index < -0.39 is 0 Å². The minimum atomic E-state index is 0.375. The van der Waals surface area contributed by atoms with E-state index in [4.69, 9.17) is 15.7 Å². The van der Waals surface area contributed by atoms with E-state index in [-0.39, 0.29) is 0 Å². The summed E-state index contributed by atoms with van der Waals surface area (Å²) >= 11 is 3.37. The van der Waals surface area contributed by atoms with Crippen molar-refractivity contribution in [2.75, 3.05) is 0 Å². The van der Waals surface area contributed by atoms with E-state index >= 15 is 0 Å². The van der Waals surface area contributed by atoms with Crippen LogP contribution < -0.4 is 10.5 Å². The Bertz CT molecular complexity index is 824. The van der Waals surface area contributed by atoms with Gasteiger partial charge in [-0.05, 0) is 54.4 Å². The number of para-hydroxylation sites is 1. The molecule has 0 saturated heterocycles. The molecule has 0 spiro atoms. The Morgan fingerprint density at radius 3 is 2.67 bits per heavy atom. The number of halogens is 1. The van der Waals surface area contributed by atoms with Gasteiger partial charge in [0.25, 0.3) is 0 Å². The predicted molar refractivity (Wildman–Crippen MR) is 114 cm³/mol. The van der Waals surface area contributed by atoms with Gasteiger partial charge in [0, 0.05) is 23.2 Å². The second kappa shape index (κ2) is 13.3. The van der Waals surface area contributed by atoms with E-state index in [1.807, 2.05) is 68.5 Å². The topological polar surface area (TPSA) is 84.3 Å². The van der Waals surface area contributed by atoms with Crippen molar-refractivity contribution < 1.29 is 4.74 Å². The van der Waals surface area contributed by atoms with Gasteiger partial charge in [0.1, 0.15) is 11.6 Å². The maximum Gasteiger partial charge on any atom is 0.197 e. The van der Waals surface area contributed by atoms with Crippen LogP contribution in [0.5, 0.6) is 11.5 Å². The first kappa shape index (κ1) is 22.1. The van der Waals surface area contributed by atoms with Crippen LogP contribution in [0.4, 0.5) is 5.82 Å². The number of amidine groups is 1. The molecule has 0 amide bonds. The standard InChI is InChI=1S/C15H14BrN3O.C6H9N/c1-2-6-14(17)19-15-13(9-11(16)10-18-15)20-12-7-4-3-5-8-12;1-2-3-4-5-6-7/h2-10H,1H3,(H2,17,18,19);2-3H,4-5H2,1H3/b6-2+;3-2+. The second-order valence-electron chi connectivity index (χ2n) is 5.19. The lowest BCUT2D eigenvalue weighted by Gasteiger charge is -2.08. The van der Waals surface area contributed by atoms with Crippen LogP contribution >= 0.6 is 15.9 Å². The molecule has 0 atom stereocenters. The number of unbranched alkanes of at least 4 members (excludes halogenated alkanes) is 1. The first-order valence-electron chi connectivity index (χ1n) is 8.44. The molecule has 2 aromatic rings. The van der Waals surface area contributed by atoms with Crippen LogP contribution in [0.1, 0.15) is 26.7 Å². The number of rotatable bonds is 6. The molecule has 0 bridgehead atoms. The van der Waals surface area contributed by atoms with Gasteiger partial charge in [-0.2, -0.15) is 5.26 Å². The molecular formula is C21H23BrN4O. The van der Waals surface area contributed by atoms with Crippen molar-refractivity contribution in [2.45, 2.75) is 26.7 Å². The van der Waals surface area contributed by atoms with Crippen molar-refractivity contribution >= 4 is 27.6 Å². The number of benzene rings is 1. The molecule has 2 rings (SSSR count). The number of nitriles is 1. The molecule has 1 aromatic carbocycles. The largest absolute Gasteiger partial charge is 0.453 e. The molecular weight excluding hydrogens is 404 g/mol. The third-order valence-electron chi connectivity index (χ3n) is 3.00. The number of aliphatic imine (C=N–C) groups is 1. The van der Waals surface area contributed by atoms with Crippen molar-refractivity contribution in [1.82, 2.24) is 4.98 Å². The number of ether oxygens (including phenoxy) is 1. The van der Waals surface area contributed by atoms with Crippen LogP contribution in [0.25, 0.3) is 0 Å². The summed E-state index contributed by atoms with van der Waals surface area (Å²) in [5.41, 5.74) is 5.77. The minimum Gasteiger partial charge on any atom is -0.453 e. The lowest BCUT2D eigenvalue weighted by Crippen LogP contribution is -2.06. The summed E-state index contributed by atoms with van der Waals surface area (Å²) in [4.78, 5) is 8.46. The van der Waals surface area contributed by atoms with E-state index in [0.717, 1.165) is 10.9 Å². The highest BCUT2D eigenvalue weighted by Gasteiger charge is 2.07. The monoisotopic (exact) mass is 426 g/mol. The zero-order valence-electron chi connectivity index (χ0n) is 15.5. The summed E-state index contributed by atoms with van der Waals surface area (Å²) in [5, 5.41) is 8.01. The molecule has 2 N–H and O–H groups in total. The summed E-state index contributed by atoms with van der Waals surface area (Å²) in [7, 11) is 0. The summed E-state index contributed by atoms with van der Waals surface area (Å²) < 4.78 is 6.60. The van der Waals surface area contributed by atoms with Gasteiger partial charge in [0.2, 0.25) is 0 Å². The summed E-state index contributed by atoms with van der Waals surface area (Å²) in [6.45, 7) is 3.83. The fraction of sp³-hybridized carbons (Fsp3) is 0.190. The molecule has 6 heteroatoms. The molecule has 140 valence electrons. The van der Waals surface area contributed by atoms with Gasteiger partial charge in [0.15, 0.2) is 11.6 Å². The van der Waals surface area contributed by atoms with Crippen LogP contribution in [0.3, 0.4) is 0 Å². The van der Waals surface area contributed by atoms with Gasteiger partial charge in [-0.15, -0.1) is 0 Å². The van der Waals surface area contributed by atoms with Gasteiger partial charge in [-0.25, -0.2) is 9.98 Å². The van der Waals surface area contributed by atoms with Crippen LogP contribution in [0.2, 0.25) is 0 Å². The van der Waals surface area contributed by atoms with Gasteiger partial charge in [0.05, 0.1) is 6.07 Å². The summed E-state index contributed by atoms with van der Waals surface area (Å²) in [6.07, 6.45) is 10.7. The highest BCUT2D eigenvalue weighted by molar-refractivity contribution is 9.10. The first-order valence-corrected chi connectivity index (χ1v) is 9.23. The number of hydrogen-bond donors (Lipinski definition) is 1. The fourth-order valence-corrected chi connectivity index (χ4v) is 2.14. The zero-order chi connectivity index (χ0) is 19.9. The quantitative estimate of drug-likeness (QED) is 0.263. The molecule has 5 nitrogen and oxygen atoms in total. The molecule has 1 heterocycles. The van der Waals surface area contributed by atoms with E-state index in [1.54, 1.807) is 12.3 Å². The molecule has 0 aliphatic rings. The normalized spacial score (nSPS) is 11.1. The molecule has 0 unspecified atom stereocenters. The number of aromatic nitrogens is 1. The maximum absolute atomic E-state index is 8.01. The Balaban J connectivity index is 0.000000445. The predicted octanol–water partition coefficient (Wildman–Crippen LogP) is 6.07. The first-order chi connectivity index (χ1) is 13.1. The SMILES string of the molecule is C/C=C/C(N)=N\c1ncc(Br)cc1Oc1ccccc1.C/C=C/CCC#N. The van der Waals surface area contributed by atoms with Crippen molar-refractivity contribution in [1.29, 1.82) is 5.26 Å². The highest BCUT2D eigenvalue weighted by atomic mass is 79.9. The van der Waals surface area contributed by atoms with Crippen LogP contribution in [-0.4, -0.2) is 10.8 Å². The molecule has 0 aliphatic carbocycles. The summed E-state index contributed by atoms with van der Waals surface area (Å²) in [5.74, 6) is 2.07. The lowest BCUT2D eigenvalue weighted by atomic mass is 10.3. The van der Waals surface area contributed by atoms with Crippen LogP contribution in [0, 0.1) is 11.3 Å². The number of hydrogen-bond acceptors (Lipinski definition) is 4. The van der Waals surface area contributed by atoms with Crippen LogP contribution in [-0.2, 0) is 0 Å². The van der Waals surface area contributed by atoms with E-state index in [0.29, 0.717) is 29.6 Å². The highest BCUT2D eigenvalue weighted by Crippen LogP contribution is 2.32. The van der Waals surface area contributed by atoms with E-state index in [2.05, 4.69) is 32.0 Å². The van der Waals surface area contributed by atoms with Crippen molar-refractivity contribution in [3.8, 4) is 17.6 Å². The Morgan fingerprint density at radius 1 is 1.30 bits per heavy atom. The number of nitrogens with two attached hydrogens (primary N) is 1. The van der Waals surface area contributed by atoms with Gasteiger partial charge in [-0.3, -0.25) is 0 Å². The van der Waals surface area contributed by atoms with Crippen molar-refractivity contribution in [3.05, 3.63) is 71.4 Å². The molecule has 1 aromatic heterocycles. The number of nitrogens with zero attached hydrogens (tertiary/aromatic N) is 3. The maximum atomic E-state index is 8.01. The Labute approximate surface area is 169 Å². The van der Waals surface area contributed by atoms with E-state index in [9.17, 15) is 0 Å². The third kappa shape index (κ3) is 9.38. The number of allylic oxidation sites excluding steroid dienone is 3. The van der Waals surface area contributed by atoms with Crippen molar-refractivity contribution in [3.63, 3.8) is 0 Å². The number of pyridine rings is 1. The molecule has 0 aliphatic heterocycles. The van der Waals surface area contributed by atoms with E-state index in [1.165, 1.54) is 0 Å². The lowest BCUT2D eigenvalue weighted by molar-refractivity contribution is 0.481. The Hall–Kier alpha value is -2.91. The Morgan fingerprint density at radius 2 is 2.04 bits per heavy atom. The van der Waals surface area contributed by atoms with Crippen molar-refractivity contribution in [2.24, 2.45) is 10.7 Å². The average molecular weight is 427 g/mol. The fourth-order valence-electron chi connectivity index (χ4n) is 1.83. The smallest absolute Gasteiger partial charge is 0.197 e. The van der Waals surface area contributed by atoms with Crippen LogP contribution in [0.15, 0.2) is 76.4 Å².